The number of nitrogens with zero attached hydrogens (tertiary/aromatic N) is 2. The number of aromatic amines is 1. The summed E-state index contributed by atoms with van der Waals surface area (Å²) in [6.45, 7) is 4.39. The Morgan fingerprint density at radius 1 is 1.39 bits per heavy atom. The second-order valence-electron chi connectivity index (χ2n) is 4.87. The van der Waals surface area contributed by atoms with Crippen molar-refractivity contribution in [3.8, 4) is 5.75 Å². The minimum absolute atomic E-state index is 0.0201. The zero-order chi connectivity index (χ0) is 16.7. The molecular weight excluding hydrogens is 296 g/mol. The normalized spacial score (nSPS) is 10.7. The number of nitrogens with one attached hydrogen (secondary N) is 2. The molecule has 0 unspecified atom stereocenters. The maximum Gasteiger partial charge on any atom is 0.345 e. The average Bonchev–Trinajstić information content (AvgIpc) is 2.53. The highest BCUT2D eigenvalue weighted by atomic mass is 16.5. The van der Waals surface area contributed by atoms with Crippen LogP contribution < -0.4 is 15.9 Å². The molecule has 7 heteroatoms. The molecule has 0 atom stereocenters. The fourth-order valence-electron chi connectivity index (χ4n) is 1.79. The smallest absolute Gasteiger partial charge is 0.345 e. The largest absolute Gasteiger partial charge is 0.494 e. The van der Waals surface area contributed by atoms with Gasteiger partial charge in [-0.2, -0.15) is 10.1 Å². The molecule has 0 radical (unpaired) electrons. The lowest BCUT2D eigenvalue weighted by molar-refractivity contribution is 0.0949. The van der Waals surface area contributed by atoms with Crippen molar-refractivity contribution in [2.24, 2.45) is 5.10 Å². The molecule has 0 aliphatic heterocycles. The molecule has 2 rings (SSSR count). The van der Waals surface area contributed by atoms with E-state index in [1.807, 2.05) is 31.2 Å². The highest BCUT2D eigenvalue weighted by Gasteiger charge is 2.07. The summed E-state index contributed by atoms with van der Waals surface area (Å²) in [6.07, 6.45) is 2.45. The maximum absolute atomic E-state index is 11.9. The highest BCUT2D eigenvalue weighted by molar-refractivity contribution is 5.93. The number of aryl methyl sites for hydroxylation is 1. The van der Waals surface area contributed by atoms with Gasteiger partial charge in [-0.3, -0.25) is 4.79 Å². The molecule has 7 nitrogen and oxygen atoms in total. The lowest BCUT2D eigenvalue weighted by atomic mass is 10.2. The third kappa shape index (κ3) is 5.06. The molecule has 0 bridgehead atoms. The second-order valence-corrected chi connectivity index (χ2v) is 4.87. The van der Waals surface area contributed by atoms with Gasteiger partial charge in [0, 0.05) is 5.69 Å². The molecule has 0 fully saturated rings. The van der Waals surface area contributed by atoms with Gasteiger partial charge in [0.25, 0.3) is 5.91 Å². The van der Waals surface area contributed by atoms with Crippen LogP contribution >= 0.6 is 0 Å². The molecule has 0 saturated carbocycles. The SMILES string of the molecule is CCCOc1ccc(/C=N/NC(=O)c2cc(C)[nH]c(=O)n2)cc1. The van der Waals surface area contributed by atoms with Crippen LogP contribution in [-0.2, 0) is 0 Å². The number of hydrogen-bond donors (Lipinski definition) is 2. The number of H-pyrrole nitrogens is 1. The summed E-state index contributed by atoms with van der Waals surface area (Å²) in [5.41, 5.74) is 3.15. The summed E-state index contributed by atoms with van der Waals surface area (Å²) in [4.78, 5) is 29.1. The molecule has 0 aliphatic carbocycles. The van der Waals surface area contributed by atoms with E-state index < -0.39 is 11.6 Å². The summed E-state index contributed by atoms with van der Waals surface area (Å²) in [5, 5.41) is 3.85. The van der Waals surface area contributed by atoms with Gasteiger partial charge < -0.3 is 9.72 Å². The van der Waals surface area contributed by atoms with Crippen LogP contribution in [0.5, 0.6) is 5.75 Å². The van der Waals surface area contributed by atoms with E-state index in [1.165, 1.54) is 12.3 Å². The number of carbonyl (C=O) groups is 1. The van der Waals surface area contributed by atoms with E-state index in [-0.39, 0.29) is 5.69 Å². The highest BCUT2D eigenvalue weighted by Crippen LogP contribution is 2.11. The van der Waals surface area contributed by atoms with Gasteiger partial charge in [-0.05, 0) is 49.2 Å². The average molecular weight is 314 g/mol. The summed E-state index contributed by atoms with van der Waals surface area (Å²) in [5.74, 6) is 0.245. The monoisotopic (exact) mass is 314 g/mol. The summed E-state index contributed by atoms with van der Waals surface area (Å²) >= 11 is 0. The van der Waals surface area contributed by atoms with Crippen LogP contribution in [0.4, 0.5) is 0 Å². The van der Waals surface area contributed by atoms with Crippen molar-refractivity contribution in [3.63, 3.8) is 0 Å². The second kappa shape index (κ2) is 7.88. The Kier molecular flexibility index (Phi) is 5.62. The number of benzene rings is 1. The van der Waals surface area contributed by atoms with Crippen LogP contribution in [0.1, 0.15) is 35.1 Å². The number of hydrogen-bond acceptors (Lipinski definition) is 5. The molecule has 0 aliphatic rings. The third-order valence-corrected chi connectivity index (χ3v) is 2.84. The van der Waals surface area contributed by atoms with Gasteiger partial charge in [-0.15, -0.1) is 0 Å². The third-order valence-electron chi connectivity index (χ3n) is 2.84. The number of rotatable bonds is 6. The summed E-state index contributed by atoms with van der Waals surface area (Å²) < 4.78 is 5.48. The molecule has 23 heavy (non-hydrogen) atoms. The van der Waals surface area contributed by atoms with E-state index in [0.29, 0.717) is 12.3 Å². The fraction of sp³-hybridized carbons (Fsp3) is 0.250. The molecule has 1 aromatic heterocycles. The number of aromatic nitrogens is 2. The van der Waals surface area contributed by atoms with E-state index in [2.05, 4.69) is 20.5 Å². The molecule has 1 amide bonds. The maximum atomic E-state index is 11.9. The van der Waals surface area contributed by atoms with Gasteiger partial charge in [0.2, 0.25) is 0 Å². The minimum Gasteiger partial charge on any atom is -0.494 e. The first-order chi connectivity index (χ1) is 11.1. The molecule has 1 aromatic carbocycles. The summed E-state index contributed by atoms with van der Waals surface area (Å²) in [7, 11) is 0. The molecule has 0 spiro atoms. The van der Waals surface area contributed by atoms with Crippen LogP contribution in [0.25, 0.3) is 0 Å². The van der Waals surface area contributed by atoms with E-state index in [0.717, 1.165) is 17.7 Å². The van der Waals surface area contributed by atoms with Crippen molar-refractivity contribution in [3.05, 3.63) is 57.8 Å². The van der Waals surface area contributed by atoms with Crippen molar-refractivity contribution >= 4 is 12.1 Å². The Bertz CT molecular complexity index is 751. The quantitative estimate of drug-likeness (QED) is 0.625. The van der Waals surface area contributed by atoms with Crippen molar-refractivity contribution < 1.29 is 9.53 Å². The molecular formula is C16H18N4O3. The predicted octanol–water partition coefficient (Wildman–Crippen LogP) is 1.63. The van der Waals surface area contributed by atoms with Crippen LogP contribution in [0.2, 0.25) is 0 Å². The fourth-order valence-corrected chi connectivity index (χ4v) is 1.79. The Labute approximate surface area is 133 Å². The van der Waals surface area contributed by atoms with Gasteiger partial charge in [-0.25, -0.2) is 10.2 Å². The Morgan fingerprint density at radius 2 is 2.13 bits per heavy atom. The first-order valence-electron chi connectivity index (χ1n) is 7.22. The van der Waals surface area contributed by atoms with Gasteiger partial charge in [0.1, 0.15) is 11.4 Å². The summed E-state index contributed by atoms with van der Waals surface area (Å²) in [6, 6.07) is 8.81. The lowest BCUT2D eigenvalue weighted by Gasteiger charge is -2.04. The van der Waals surface area contributed by atoms with Gasteiger partial charge in [0.05, 0.1) is 12.8 Å². The van der Waals surface area contributed by atoms with E-state index in [4.69, 9.17) is 4.74 Å². The first kappa shape index (κ1) is 16.4. The van der Waals surface area contributed by atoms with Gasteiger partial charge in [-0.1, -0.05) is 6.92 Å². The van der Waals surface area contributed by atoms with E-state index in [1.54, 1.807) is 6.92 Å². The number of carbonyl (C=O) groups excluding carboxylic acids is 1. The van der Waals surface area contributed by atoms with Gasteiger partial charge in [0.15, 0.2) is 0 Å². The Morgan fingerprint density at radius 3 is 2.78 bits per heavy atom. The number of amides is 1. The molecule has 0 saturated heterocycles. The van der Waals surface area contributed by atoms with Crippen molar-refractivity contribution in [1.82, 2.24) is 15.4 Å². The van der Waals surface area contributed by atoms with Crippen LogP contribution in [0.15, 0.2) is 40.2 Å². The molecule has 2 N–H and O–H groups in total. The van der Waals surface area contributed by atoms with Crippen LogP contribution in [0.3, 0.4) is 0 Å². The van der Waals surface area contributed by atoms with E-state index in [9.17, 15) is 9.59 Å². The Hall–Kier alpha value is -2.96. The van der Waals surface area contributed by atoms with Crippen molar-refractivity contribution in [1.29, 1.82) is 0 Å². The Balaban J connectivity index is 1.95. The van der Waals surface area contributed by atoms with Crippen molar-refractivity contribution in [2.75, 3.05) is 6.61 Å². The number of hydrazone groups is 1. The zero-order valence-electron chi connectivity index (χ0n) is 13.0. The predicted molar refractivity (Wildman–Crippen MR) is 86.9 cm³/mol. The minimum atomic E-state index is -0.568. The molecule has 120 valence electrons. The zero-order valence-corrected chi connectivity index (χ0v) is 13.0. The van der Waals surface area contributed by atoms with E-state index >= 15 is 0 Å². The standard InChI is InChI=1S/C16H18N4O3/c1-3-8-23-13-6-4-12(5-7-13)10-17-20-15(21)14-9-11(2)18-16(22)19-14/h4-7,9-10H,3,8H2,1-2H3,(H,20,21)(H,18,19,22)/b17-10+. The van der Waals surface area contributed by atoms with Gasteiger partial charge >= 0.3 is 5.69 Å². The van der Waals surface area contributed by atoms with Crippen LogP contribution in [0, 0.1) is 6.92 Å². The lowest BCUT2D eigenvalue weighted by Crippen LogP contribution is -2.24. The molecule has 2 aromatic rings. The first-order valence-corrected chi connectivity index (χ1v) is 7.22. The molecule has 1 heterocycles. The van der Waals surface area contributed by atoms with Crippen LogP contribution in [-0.4, -0.2) is 28.7 Å². The topological polar surface area (TPSA) is 96.4 Å². The number of ether oxygens (including phenoxy) is 1. The van der Waals surface area contributed by atoms with Crippen molar-refractivity contribution in [2.45, 2.75) is 20.3 Å².